The topological polar surface area (TPSA) is 45.7 Å². The van der Waals surface area contributed by atoms with Crippen LogP contribution in [0.25, 0.3) is 6.08 Å². The average Bonchev–Trinajstić information content (AvgIpc) is 2.80. The van der Waals surface area contributed by atoms with Gasteiger partial charge in [0.05, 0.1) is 0 Å². The van der Waals surface area contributed by atoms with E-state index in [9.17, 15) is 4.79 Å². The predicted molar refractivity (Wildman–Crippen MR) is 118 cm³/mol. The van der Waals surface area contributed by atoms with Crippen molar-refractivity contribution in [2.45, 2.75) is 6.54 Å². The van der Waals surface area contributed by atoms with Crippen LogP contribution in [0.5, 0.6) is 11.5 Å². The zero-order valence-electron chi connectivity index (χ0n) is 16.9. The molecule has 30 heavy (non-hydrogen) atoms. The maximum absolute atomic E-state index is 12.6. The number of aromatic nitrogens is 1. The van der Waals surface area contributed by atoms with Crippen LogP contribution in [0.1, 0.15) is 11.1 Å². The molecular formula is C25H25N3O2. The fourth-order valence-corrected chi connectivity index (χ4v) is 3.45. The summed E-state index contributed by atoms with van der Waals surface area (Å²) < 4.78 is 5.86. The molecule has 5 heteroatoms. The number of nitrogens with zero attached hydrogens (tertiary/aromatic N) is 3. The van der Waals surface area contributed by atoms with E-state index in [0.29, 0.717) is 0 Å². The molecule has 1 aliphatic heterocycles. The largest absolute Gasteiger partial charge is 0.457 e. The van der Waals surface area contributed by atoms with Crippen molar-refractivity contribution in [2.75, 3.05) is 26.2 Å². The van der Waals surface area contributed by atoms with E-state index in [1.165, 1.54) is 5.56 Å². The molecule has 0 spiro atoms. The van der Waals surface area contributed by atoms with Crippen molar-refractivity contribution >= 4 is 12.0 Å². The highest BCUT2D eigenvalue weighted by Gasteiger charge is 2.19. The Hall–Kier alpha value is -3.44. The third kappa shape index (κ3) is 5.55. The normalized spacial score (nSPS) is 14.7. The molecule has 152 valence electrons. The Balaban J connectivity index is 1.29. The van der Waals surface area contributed by atoms with Gasteiger partial charge in [-0.15, -0.1) is 0 Å². The minimum atomic E-state index is 0.0490. The van der Waals surface area contributed by atoms with E-state index in [1.807, 2.05) is 90.1 Å². The van der Waals surface area contributed by atoms with Gasteiger partial charge in [-0.1, -0.05) is 30.3 Å². The first-order valence-electron chi connectivity index (χ1n) is 10.2. The van der Waals surface area contributed by atoms with Crippen molar-refractivity contribution in [3.8, 4) is 11.5 Å². The lowest BCUT2D eigenvalue weighted by molar-refractivity contribution is -0.127. The molecule has 1 fully saturated rings. The fourth-order valence-electron chi connectivity index (χ4n) is 3.45. The predicted octanol–water partition coefficient (Wildman–Crippen LogP) is 4.23. The summed E-state index contributed by atoms with van der Waals surface area (Å²) in [6.45, 7) is 4.13. The van der Waals surface area contributed by atoms with Gasteiger partial charge in [0.15, 0.2) is 0 Å². The first-order chi connectivity index (χ1) is 14.8. The maximum atomic E-state index is 12.6. The Kier molecular flexibility index (Phi) is 6.52. The van der Waals surface area contributed by atoms with Crippen LogP contribution in [0.15, 0.2) is 85.2 Å². The molecular weight excluding hydrogens is 374 g/mol. The van der Waals surface area contributed by atoms with Crippen LogP contribution in [0.2, 0.25) is 0 Å². The zero-order valence-corrected chi connectivity index (χ0v) is 16.9. The van der Waals surface area contributed by atoms with Crippen LogP contribution in [-0.4, -0.2) is 46.9 Å². The maximum Gasteiger partial charge on any atom is 0.246 e. The Labute approximate surface area is 177 Å². The summed E-state index contributed by atoms with van der Waals surface area (Å²) in [4.78, 5) is 20.9. The average molecular weight is 399 g/mol. The highest BCUT2D eigenvalue weighted by Crippen LogP contribution is 2.22. The molecule has 2 aromatic carbocycles. The Morgan fingerprint density at radius 1 is 0.900 bits per heavy atom. The third-order valence-corrected chi connectivity index (χ3v) is 5.09. The van der Waals surface area contributed by atoms with E-state index in [1.54, 1.807) is 6.08 Å². The second-order valence-corrected chi connectivity index (χ2v) is 7.28. The van der Waals surface area contributed by atoms with Crippen LogP contribution >= 0.6 is 0 Å². The first-order valence-corrected chi connectivity index (χ1v) is 10.2. The van der Waals surface area contributed by atoms with E-state index < -0.39 is 0 Å². The molecule has 0 saturated carbocycles. The molecule has 0 N–H and O–H groups in total. The van der Waals surface area contributed by atoms with Gasteiger partial charge >= 0.3 is 0 Å². The molecule has 0 atom stereocenters. The molecule has 0 unspecified atom stereocenters. The van der Waals surface area contributed by atoms with Crippen molar-refractivity contribution in [3.63, 3.8) is 0 Å². The first kappa shape index (κ1) is 19.9. The minimum absolute atomic E-state index is 0.0490. The molecule has 1 saturated heterocycles. The third-order valence-electron chi connectivity index (χ3n) is 5.09. The summed E-state index contributed by atoms with van der Waals surface area (Å²) in [6.07, 6.45) is 7.14. The summed E-state index contributed by atoms with van der Waals surface area (Å²) in [7, 11) is 0. The van der Waals surface area contributed by atoms with E-state index >= 15 is 0 Å². The lowest BCUT2D eigenvalue weighted by atomic mass is 10.2. The highest BCUT2D eigenvalue weighted by atomic mass is 16.5. The number of piperazine rings is 1. The molecule has 0 radical (unpaired) electrons. The molecule has 0 bridgehead atoms. The molecule has 1 aromatic heterocycles. The van der Waals surface area contributed by atoms with Gasteiger partial charge in [-0.05, 0) is 53.6 Å². The van der Waals surface area contributed by atoms with Gasteiger partial charge in [0.1, 0.15) is 11.5 Å². The van der Waals surface area contributed by atoms with Gasteiger partial charge in [-0.25, -0.2) is 0 Å². The molecule has 1 aliphatic rings. The minimum Gasteiger partial charge on any atom is -0.457 e. The monoisotopic (exact) mass is 399 g/mol. The number of para-hydroxylation sites is 1. The second-order valence-electron chi connectivity index (χ2n) is 7.28. The number of ether oxygens (including phenoxy) is 1. The summed E-state index contributed by atoms with van der Waals surface area (Å²) in [6, 6.07) is 21.5. The summed E-state index contributed by atoms with van der Waals surface area (Å²) in [5, 5.41) is 0. The number of benzene rings is 2. The van der Waals surface area contributed by atoms with Crippen molar-refractivity contribution in [1.29, 1.82) is 0 Å². The summed E-state index contributed by atoms with van der Waals surface area (Å²) >= 11 is 0. The molecule has 3 aromatic rings. The summed E-state index contributed by atoms with van der Waals surface area (Å²) in [5.41, 5.74) is 2.19. The van der Waals surface area contributed by atoms with Crippen LogP contribution < -0.4 is 4.74 Å². The number of hydrogen-bond acceptors (Lipinski definition) is 4. The van der Waals surface area contributed by atoms with Crippen LogP contribution in [-0.2, 0) is 11.3 Å². The number of pyridine rings is 1. The van der Waals surface area contributed by atoms with Gasteiger partial charge in [-0.3, -0.25) is 14.7 Å². The Bertz CT molecular complexity index is 982. The Morgan fingerprint density at radius 3 is 2.40 bits per heavy atom. The number of hydrogen-bond donors (Lipinski definition) is 0. The van der Waals surface area contributed by atoms with Gasteiger partial charge in [0.2, 0.25) is 5.91 Å². The van der Waals surface area contributed by atoms with Gasteiger partial charge in [0, 0.05) is 51.2 Å². The smallest absolute Gasteiger partial charge is 0.246 e. The van der Waals surface area contributed by atoms with Crippen molar-refractivity contribution in [2.24, 2.45) is 0 Å². The van der Waals surface area contributed by atoms with Crippen molar-refractivity contribution in [3.05, 3.63) is 96.3 Å². The van der Waals surface area contributed by atoms with Gasteiger partial charge in [0.25, 0.3) is 0 Å². The molecule has 4 rings (SSSR count). The zero-order chi connectivity index (χ0) is 20.6. The van der Waals surface area contributed by atoms with Gasteiger partial charge in [-0.2, -0.15) is 0 Å². The molecule has 1 amide bonds. The molecule has 0 aliphatic carbocycles. The van der Waals surface area contributed by atoms with E-state index in [-0.39, 0.29) is 5.91 Å². The fraction of sp³-hybridized carbons (Fsp3) is 0.200. The number of carbonyl (C=O) groups is 1. The highest BCUT2D eigenvalue weighted by molar-refractivity contribution is 5.91. The number of rotatable bonds is 6. The molecule has 5 nitrogen and oxygen atoms in total. The van der Waals surface area contributed by atoms with Crippen LogP contribution in [0.3, 0.4) is 0 Å². The quantitative estimate of drug-likeness (QED) is 0.582. The summed E-state index contributed by atoms with van der Waals surface area (Å²) in [5.74, 6) is 1.59. The second kappa shape index (κ2) is 9.85. The lowest BCUT2D eigenvalue weighted by Gasteiger charge is -2.34. The lowest BCUT2D eigenvalue weighted by Crippen LogP contribution is -2.47. The SMILES string of the molecule is O=C(/C=C/c1cccc(Oc2ccccc2)c1)N1CCN(Cc2ccncc2)CC1. The van der Waals surface area contributed by atoms with Crippen molar-refractivity contribution in [1.82, 2.24) is 14.8 Å². The van der Waals surface area contributed by atoms with E-state index in [2.05, 4.69) is 9.88 Å². The standard InChI is InChI=1S/C25H25N3O2/c29-25(28-17-15-27(16-18-28)20-22-11-13-26-14-12-22)10-9-21-5-4-8-24(19-21)30-23-6-2-1-3-7-23/h1-14,19H,15-18,20H2/b10-9+. The van der Waals surface area contributed by atoms with E-state index in [4.69, 9.17) is 4.74 Å². The number of carbonyl (C=O) groups excluding carboxylic acids is 1. The Morgan fingerprint density at radius 2 is 1.63 bits per heavy atom. The van der Waals surface area contributed by atoms with Crippen LogP contribution in [0, 0.1) is 0 Å². The van der Waals surface area contributed by atoms with Crippen molar-refractivity contribution < 1.29 is 9.53 Å². The van der Waals surface area contributed by atoms with Gasteiger partial charge < -0.3 is 9.64 Å². The number of amides is 1. The van der Waals surface area contributed by atoms with E-state index in [0.717, 1.165) is 49.8 Å². The molecule has 2 heterocycles. The van der Waals surface area contributed by atoms with Crippen LogP contribution in [0.4, 0.5) is 0 Å².